The van der Waals surface area contributed by atoms with Crippen molar-refractivity contribution in [1.29, 1.82) is 0 Å². The first kappa shape index (κ1) is 12.2. The second kappa shape index (κ2) is 4.46. The van der Waals surface area contributed by atoms with Crippen molar-refractivity contribution in [2.45, 2.75) is 0 Å². The molecule has 3 N–H and O–H groups in total. The molecule has 0 radical (unpaired) electrons. The molecule has 4 nitrogen and oxygen atoms in total. The number of nitrogen functional groups attached to an aromatic ring is 1. The van der Waals surface area contributed by atoms with E-state index in [1.165, 1.54) is 0 Å². The lowest BCUT2D eigenvalue weighted by Gasteiger charge is -2.02. The Morgan fingerprint density at radius 2 is 1.71 bits per heavy atom. The maximum Gasteiger partial charge on any atom is 0.138 e. The van der Waals surface area contributed by atoms with Crippen LogP contribution in [0, 0.1) is 0 Å². The van der Waals surface area contributed by atoms with Crippen molar-refractivity contribution in [3.05, 3.63) is 53.8 Å². The lowest BCUT2D eigenvalue weighted by Crippen LogP contribution is -1.87. The van der Waals surface area contributed by atoms with Crippen molar-refractivity contribution in [1.82, 2.24) is 15.0 Å². The van der Waals surface area contributed by atoms with Crippen LogP contribution in [0.15, 0.2) is 48.8 Å². The molecule has 0 amide bonds. The van der Waals surface area contributed by atoms with Crippen LogP contribution in [-0.2, 0) is 0 Å². The molecule has 0 unspecified atom stereocenters. The average molecular weight is 295 g/mol. The predicted molar refractivity (Wildman–Crippen MR) is 86.3 cm³/mol. The fraction of sp³-hybridized carbons (Fsp3) is 0. The van der Waals surface area contributed by atoms with Gasteiger partial charge in [0.2, 0.25) is 0 Å². The Hall–Kier alpha value is -2.59. The first-order valence-electron chi connectivity index (χ1n) is 6.49. The van der Waals surface area contributed by atoms with Crippen molar-refractivity contribution >= 4 is 39.4 Å². The number of H-pyrrole nitrogens is 1. The smallest absolute Gasteiger partial charge is 0.138 e. The number of fused-ring (bicyclic) bond motifs is 3. The molecule has 0 atom stereocenters. The summed E-state index contributed by atoms with van der Waals surface area (Å²) in [5.74, 6) is 0.500. The van der Waals surface area contributed by atoms with E-state index in [4.69, 9.17) is 17.3 Å². The molecule has 0 spiro atoms. The average Bonchev–Trinajstić information content (AvgIpc) is 2.85. The van der Waals surface area contributed by atoms with E-state index < -0.39 is 0 Å². The second-order valence-corrected chi connectivity index (χ2v) is 5.34. The largest absolute Gasteiger partial charge is 0.384 e. The number of hydrogen-bond donors (Lipinski definition) is 2. The Balaban J connectivity index is 1.98. The summed E-state index contributed by atoms with van der Waals surface area (Å²) in [6.45, 7) is 0. The van der Waals surface area contributed by atoms with Crippen LogP contribution < -0.4 is 5.73 Å². The first-order chi connectivity index (χ1) is 10.2. The zero-order valence-electron chi connectivity index (χ0n) is 11.0. The molecule has 1 aromatic carbocycles. The van der Waals surface area contributed by atoms with Crippen molar-refractivity contribution in [3.8, 4) is 11.1 Å². The van der Waals surface area contributed by atoms with Gasteiger partial charge in [0.25, 0.3) is 0 Å². The molecular formula is C16H11ClN4. The zero-order valence-corrected chi connectivity index (χ0v) is 11.7. The quantitative estimate of drug-likeness (QED) is 0.557. The van der Waals surface area contributed by atoms with Crippen LogP contribution >= 0.6 is 11.6 Å². The van der Waals surface area contributed by atoms with Crippen molar-refractivity contribution in [3.63, 3.8) is 0 Å². The number of nitrogens with zero attached hydrogens (tertiary/aromatic N) is 2. The molecule has 0 bridgehead atoms. The van der Waals surface area contributed by atoms with E-state index in [1.807, 2.05) is 36.5 Å². The summed E-state index contributed by atoms with van der Waals surface area (Å²) in [7, 11) is 0. The Bertz CT molecular complexity index is 957. The molecule has 0 saturated carbocycles. The normalized spacial score (nSPS) is 11.3. The standard InChI is InChI=1S/C16H11ClN4/c17-11-3-1-9(2-4-11)10-5-13-12-6-15(18)19-8-14(12)21-16(13)20-7-10/h1-8H,(H2,18,19)(H,20,21). The van der Waals surface area contributed by atoms with Gasteiger partial charge in [0, 0.05) is 27.6 Å². The highest BCUT2D eigenvalue weighted by atomic mass is 35.5. The van der Waals surface area contributed by atoms with Gasteiger partial charge in [-0.05, 0) is 29.8 Å². The van der Waals surface area contributed by atoms with Gasteiger partial charge in [-0.25, -0.2) is 9.97 Å². The number of aromatic nitrogens is 3. The van der Waals surface area contributed by atoms with Crippen molar-refractivity contribution in [2.75, 3.05) is 5.73 Å². The molecule has 3 aromatic heterocycles. The van der Waals surface area contributed by atoms with Crippen LogP contribution in [0.1, 0.15) is 0 Å². The van der Waals surface area contributed by atoms with Crippen LogP contribution in [0.5, 0.6) is 0 Å². The number of pyridine rings is 2. The molecule has 21 heavy (non-hydrogen) atoms. The minimum atomic E-state index is 0.500. The van der Waals surface area contributed by atoms with Crippen LogP contribution in [0.4, 0.5) is 5.82 Å². The van der Waals surface area contributed by atoms with E-state index in [9.17, 15) is 0 Å². The Morgan fingerprint density at radius 1 is 0.905 bits per heavy atom. The van der Waals surface area contributed by atoms with Crippen LogP contribution in [0.3, 0.4) is 0 Å². The van der Waals surface area contributed by atoms with Gasteiger partial charge in [0.05, 0.1) is 11.7 Å². The highest BCUT2D eigenvalue weighted by molar-refractivity contribution is 6.30. The minimum Gasteiger partial charge on any atom is -0.384 e. The number of nitrogens with two attached hydrogens (primary N) is 1. The topological polar surface area (TPSA) is 67.6 Å². The second-order valence-electron chi connectivity index (χ2n) is 4.91. The maximum absolute atomic E-state index is 5.93. The third kappa shape index (κ3) is 2.00. The van der Waals surface area contributed by atoms with Gasteiger partial charge < -0.3 is 10.7 Å². The number of benzene rings is 1. The van der Waals surface area contributed by atoms with Gasteiger partial charge in [-0.3, -0.25) is 0 Å². The molecule has 0 aliphatic rings. The highest BCUT2D eigenvalue weighted by Gasteiger charge is 2.08. The number of nitrogens with one attached hydrogen (secondary N) is 1. The lowest BCUT2D eigenvalue weighted by atomic mass is 10.1. The summed E-state index contributed by atoms with van der Waals surface area (Å²) in [6.07, 6.45) is 3.58. The van der Waals surface area contributed by atoms with Crippen LogP contribution in [-0.4, -0.2) is 15.0 Å². The third-order valence-electron chi connectivity index (χ3n) is 3.53. The van der Waals surface area contributed by atoms with Crippen molar-refractivity contribution in [2.24, 2.45) is 0 Å². The molecule has 102 valence electrons. The van der Waals surface area contributed by atoms with E-state index in [0.29, 0.717) is 5.82 Å². The molecule has 4 aromatic rings. The zero-order chi connectivity index (χ0) is 14.4. The molecule has 0 aliphatic heterocycles. The fourth-order valence-electron chi connectivity index (χ4n) is 2.49. The minimum absolute atomic E-state index is 0.500. The molecule has 0 fully saturated rings. The number of rotatable bonds is 1. The van der Waals surface area contributed by atoms with Gasteiger partial charge in [-0.15, -0.1) is 0 Å². The van der Waals surface area contributed by atoms with E-state index in [2.05, 4.69) is 21.0 Å². The number of halogens is 1. The third-order valence-corrected chi connectivity index (χ3v) is 3.79. The number of anilines is 1. The van der Waals surface area contributed by atoms with E-state index in [0.717, 1.165) is 38.1 Å². The predicted octanol–water partition coefficient (Wildman–Crippen LogP) is 4.01. The lowest BCUT2D eigenvalue weighted by molar-refractivity contribution is 1.32. The van der Waals surface area contributed by atoms with E-state index in [-0.39, 0.29) is 0 Å². The maximum atomic E-state index is 5.93. The van der Waals surface area contributed by atoms with Gasteiger partial charge in [-0.2, -0.15) is 0 Å². The Labute approximate surface area is 125 Å². The molecule has 3 heterocycles. The summed E-state index contributed by atoms with van der Waals surface area (Å²) in [4.78, 5) is 11.8. The van der Waals surface area contributed by atoms with Gasteiger partial charge >= 0.3 is 0 Å². The monoisotopic (exact) mass is 294 g/mol. The first-order valence-corrected chi connectivity index (χ1v) is 6.87. The SMILES string of the molecule is Nc1cc2c(cn1)[nH]c1ncc(-c3ccc(Cl)cc3)cc12. The van der Waals surface area contributed by atoms with E-state index >= 15 is 0 Å². The molecule has 0 saturated heterocycles. The fourth-order valence-corrected chi connectivity index (χ4v) is 2.62. The Morgan fingerprint density at radius 3 is 2.52 bits per heavy atom. The van der Waals surface area contributed by atoms with Gasteiger partial charge in [-0.1, -0.05) is 23.7 Å². The molecular weight excluding hydrogens is 284 g/mol. The molecule has 4 rings (SSSR count). The Kier molecular flexibility index (Phi) is 2.59. The summed E-state index contributed by atoms with van der Waals surface area (Å²) < 4.78 is 0. The summed E-state index contributed by atoms with van der Waals surface area (Å²) in [5, 5.41) is 2.78. The summed E-state index contributed by atoms with van der Waals surface area (Å²) in [6, 6.07) is 11.7. The highest BCUT2D eigenvalue weighted by Crippen LogP contribution is 2.29. The molecule has 0 aliphatic carbocycles. The summed E-state index contributed by atoms with van der Waals surface area (Å²) >= 11 is 5.93. The molecule has 5 heteroatoms. The van der Waals surface area contributed by atoms with Crippen molar-refractivity contribution < 1.29 is 0 Å². The van der Waals surface area contributed by atoms with Gasteiger partial charge in [0.1, 0.15) is 11.5 Å². The van der Waals surface area contributed by atoms with Gasteiger partial charge in [0.15, 0.2) is 0 Å². The number of aromatic amines is 1. The van der Waals surface area contributed by atoms with E-state index in [1.54, 1.807) is 6.20 Å². The number of hydrogen-bond acceptors (Lipinski definition) is 3. The van der Waals surface area contributed by atoms with Crippen LogP contribution in [0.25, 0.3) is 33.1 Å². The van der Waals surface area contributed by atoms with Crippen LogP contribution in [0.2, 0.25) is 5.02 Å². The summed E-state index contributed by atoms with van der Waals surface area (Å²) in [5.41, 5.74) is 9.65.